The molecule has 0 aliphatic carbocycles. The summed E-state index contributed by atoms with van der Waals surface area (Å²) in [5.74, 6) is -0.508. The van der Waals surface area contributed by atoms with Crippen molar-refractivity contribution >= 4 is 31.6 Å². The fraction of sp³-hybridized carbons (Fsp3) is 0.350. The monoisotopic (exact) mass is 451 g/mol. The number of nitrogens with one attached hydrogen (secondary N) is 1. The molecule has 1 N–H and O–H groups in total. The standard InChI is InChI=1S/C20H25N3O5S2/c1-29(25,26)23(15-17-7-3-2-4-8-17)16-20(24)21-18-9-11-19(12-10-18)30(27,28)22-13-5-6-14-22/h2-4,7-12H,5-6,13-16H2,1H3,(H,21,24). The van der Waals surface area contributed by atoms with Gasteiger partial charge in [0.2, 0.25) is 26.0 Å². The van der Waals surface area contributed by atoms with E-state index in [2.05, 4.69) is 5.32 Å². The lowest BCUT2D eigenvalue weighted by atomic mass is 10.2. The lowest BCUT2D eigenvalue weighted by Gasteiger charge is -2.20. The van der Waals surface area contributed by atoms with Gasteiger partial charge < -0.3 is 5.32 Å². The maximum Gasteiger partial charge on any atom is 0.243 e. The second kappa shape index (κ2) is 9.25. The van der Waals surface area contributed by atoms with Crippen LogP contribution in [0.25, 0.3) is 0 Å². The van der Waals surface area contributed by atoms with Crippen LogP contribution in [-0.4, -0.2) is 57.2 Å². The summed E-state index contributed by atoms with van der Waals surface area (Å²) in [4.78, 5) is 12.6. The van der Waals surface area contributed by atoms with Crippen LogP contribution in [0.15, 0.2) is 59.5 Å². The minimum Gasteiger partial charge on any atom is -0.325 e. The van der Waals surface area contributed by atoms with Crippen molar-refractivity contribution < 1.29 is 21.6 Å². The van der Waals surface area contributed by atoms with Crippen LogP contribution in [0.1, 0.15) is 18.4 Å². The smallest absolute Gasteiger partial charge is 0.243 e. The van der Waals surface area contributed by atoms with E-state index < -0.39 is 26.0 Å². The Bertz CT molecular complexity index is 1080. The number of hydrogen-bond acceptors (Lipinski definition) is 5. The number of sulfonamides is 2. The number of amides is 1. The molecule has 0 spiro atoms. The predicted octanol–water partition coefficient (Wildman–Crippen LogP) is 1.87. The van der Waals surface area contributed by atoms with Crippen LogP contribution < -0.4 is 5.32 Å². The van der Waals surface area contributed by atoms with Gasteiger partial charge in [0.25, 0.3) is 0 Å². The quantitative estimate of drug-likeness (QED) is 0.660. The molecule has 2 aromatic rings. The van der Waals surface area contributed by atoms with Crippen molar-refractivity contribution in [1.29, 1.82) is 0 Å². The van der Waals surface area contributed by atoms with Crippen LogP contribution in [0.5, 0.6) is 0 Å². The van der Waals surface area contributed by atoms with Gasteiger partial charge in [-0.05, 0) is 42.7 Å². The van der Waals surface area contributed by atoms with Gasteiger partial charge in [-0.2, -0.15) is 8.61 Å². The third-order valence-corrected chi connectivity index (χ3v) is 7.94. The molecule has 0 unspecified atom stereocenters. The number of carbonyl (C=O) groups excluding carboxylic acids is 1. The SMILES string of the molecule is CS(=O)(=O)N(CC(=O)Nc1ccc(S(=O)(=O)N2CCCC2)cc1)Cc1ccccc1. The maximum absolute atomic E-state index is 12.6. The van der Waals surface area contributed by atoms with E-state index in [1.54, 1.807) is 24.3 Å². The molecule has 30 heavy (non-hydrogen) atoms. The van der Waals surface area contributed by atoms with Gasteiger partial charge in [0, 0.05) is 25.3 Å². The molecule has 2 aromatic carbocycles. The Balaban J connectivity index is 1.65. The number of carbonyl (C=O) groups is 1. The van der Waals surface area contributed by atoms with Gasteiger partial charge >= 0.3 is 0 Å². The molecule has 1 aliphatic heterocycles. The zero-order chi connectivity index (χ0) is 21.8. The highest BCUT2D eigenvalue weighted by Crippen LogP contribution is 2.22. The average Bonchev–Trinajstić information content (AvgIpc) is 3.24. The Morgan fingerprint density at radius 1 is 0.967 bits per heavy atom. The second-order valence-electron chi connectivity index (χ2n) is 7.20. The molecule has 1 fully saturated rings. The Morgan fingerprint density at radius 2 is 1.57 bits per heavy atom. The molecule has 0 saturated carbocycles. The van der Waals surface area contributed by atoms with E-state index in [4.69, 9.17) is 0 Å². The molecule has 10 heteroatoms. The summed E-state index contributed by atoms with van der Waals surface area (Å²) in [5, 5.41) is 2.63. The first-order valence-electron chi connectivity index (χ1n) is 9.55. The summed E-state index contributed by atoms with van der Waals surface area (Å²) in [5.41, 5.74) is 1.17. The van der Waals surface area contributed by atoms with Gasteiger partial charge in [0.05, 0.1) is 17.7 Å². The molecule has 1 saturated heterocycles. The zero-order valence-electron chi connectivity index (χ0n) is 16.7. The predicted molar refractivity (Wildman–Crippen MR) is 115 cm³/mol. The third kappa shape index (κ3) is 5.66. The fourth-order valence-corrected chi connectivity index (χ4v) is 5.48. The van der Waals surface area contributed by atoms with Crippen LogP contribution in [0.3, 0.4) is 0 Å². The summed E-state index contributed by atoms with van der Waals surface area (Å²) in [7, 11) is -7.12. The van der Waals surface area contributed by atoms with Gasteiger partial charge in [-0.25, -0.2) is 16.8 Å². The minimum atomic E-state index is -3.60. The van der Waals surface area contributed by atoms with Crippen molar-refractivity contribution in [2.24, 2.45) is 0 Å². The number of nitrogens with zero attached hydrogens (tertiary/aromatic N) is 2. The molecular formula is C20H25N3O5S2. The highest BCUT2D eigenvalue weighted by atomic mass is 32.2. The molecule has 0 bridgehead atoms. The summed E-state index contributed by atoms with van der Waals surface area (Å²) in [6.45, 7) is 0.773. The minimum absolute atomic E-state index is 0.0834. The maximum atomic E-state index is 12.6. The summed E-state index contributed by atoms with van der Waals surface area (Å²) < 4.78 is 51.8. The molecule has 0 radical (unpaired) electrons. The molecule has 3 rings (SSSR count). The molecule has 0 atom stereocenters. The number of anilines is 1. The van der Waals surface area contributed by atoms with E-state index in [9.17, 15) is 21.6 Å². The van der Waals surface area contributed by atoms with Crippen molar-refractivity contribution in [3.63, 3.8) is 0 Å². The third-order valence-electron chi connectivity index (χ3n) is 4.83. The van der Waals surface area contributed by atoms with E-state index in [0.29, 0.717) is 18.8 Å². The topological polar surface area (TPSA) is 104 Å². The van der Waals surface area contributed by atoms with E-state index in [1.165, 1.54) is 28.6 Å². The lowest BCUT2D eigenvalue weighted by molar-refractivity contribution is -0.116. The Hall–Kier alpha value is -2.27. The average molecular weight is 452 g/mol. The number of rotatable bonds is 8. The first-order valence-corrected chi connectivity index (χ1v) is 12.8. The van der Waals surface area contributed by atoms with E-state index in [1.807, 2.05) is 6.07 Å². The second-order valence-corrected chi connectivity index (χ2v) is 11.1. The van der Waals surface area contributed by atoms with Gasteiger partial charge in [-0.3, -0.25) is 4.79 Å². The molecule has 0 aromatic heterocycles. The first kappa shape index (κ1) is 22.4. The highest BCUT2D eigenvalue weighted by Gasteiger charge is 2.27. The lowest BCUT2D eigenvalue weighted by Crippen LogP contribution is -2.36. The van der Waals surface area contributed by atoms with Crippen LogP contribution in [-0.2, 0) is 31.4 Å². The van der Waals surface area contributed by atoms with Gasteiger partial charge in [-0.15, -0.1) is 0 Å². The zero-order valence-corrected chi connectivity index (χ0v) is 18.3. The van der Waals surface area contributed by atoms with Crippen LogP contribution >= 0.6 is 0 Å². The molecule has 162 valence electrons. The Kier molecular flexibility index (Phi) is 6.91. The molecule has 1 aliphatic rings. The summed E-state index contributed by atoms with van der Waals surface area (Å²) in [6, 6.07) is 14.9. The molecule has 1 amide bonds. The van der Waals surface area contributed by atoms with Crippen LogP contribution in [0.4, 0.5) is 5.69 Å². The van der Waals surface area contributed by atoms with E-state index >= 15 is 0 Å². The van der Waals surface area contributed by atoms with E-state index in [-0.39, 0.29) is 18.0 Å². The van der Waals surface area contributed by atoms with Crippen molar-refractivity contribution in [2.75, 3.05) is 31.2 Å². The molecule has 8 nitrogen and oxygen atoms in total. The van der Waals surface area contributed by atoms with Crippen molar-refractivity contribution in [3.8, 4) is 0 Å². The van der Waals surface area contributed by atoms with Gasteiger partial charge in [0.15, 0.2) is 0 Å². The van der Waals surface area contributed by atoms with Crippen LogP contribution in [0, 0.1) is 0 Å². The van der Waals surface area contributed by atoms with Gasteiger partial charge in [-0.1, -0.05) is 30.3 Å². The number of benzene rings is 2. The first-order chi connectivity index (χ1) is 14.2. The summed E-state index contributed by atoms with van der Waals surface area (Å²) in [6.07, 6.45) is 2.77. The Labute approximate surface area is 177 Å². The molecular weight excluding hydrogens is 426 g/mol. The van der Waals surface area contributed by atoms with Crippen molar-refractivity contribution in [1.82, 2.24) is 8.61 Å². The fourth-order valence-electron chi connectivity index (χ4n) is 3.23. The normalized spacial score (nSPS) is 15.4. The van der Waals surface area contributed by atoms with Crippen molar-refractivity contribution in [3.05, 3.63) is 60.2 Å². The molecule has 1 heterocycles. The summed E-state index contributed by atoms with van der Waals surface area (Å²) >= 11 is 0. The number of hydrogen-bond donors (Lipinski definition) is 1. The van der Waals surface area contributed by atoms with Crippen LogP contribution in [0.2, 0.25) is 0 Å². The van der Waals surface area contributed by atoms with E-state index in [0.717, 1.165) is 29.0 Å². The largest absolute Gasteiger partial charge is 0.325 e. The van der Waals surface area contributed by atoms with Gasteiger partial charge in [0.1, 0.15) is 0 Å². The van der Waals surface area contributed by atoms with Crippen molar-refractivity contribution in [2.45, 2.75) is 24.3 Å². The highest BCUT2D eigenvalue weighted by molar-refractivity contribution is 7.89. The Morgan fingerprint density at radius 3 is 2.13 bits per heavy atom.